The van der Waals surface area contributed by atoms with E-state index < -0.39 is 6.04 Å². The van der Waals surface area contributed by atoms with Crippen molar-refractivity contribution >= 4 is 5.97 Å². The predicted octanol–water partition coefficient (Wildman–Crippen LogP) is 3.64. The number of esters is 1. The number of hydrogen-bond donors (Lipinski definition) is 1. The Hall–Kier alpha value is -1.39. The van der Waals surface area contributed by atoms with Gasteiger partial charge in [0.05, 0.1) is 6.10 Å². The van der Waals surface area contributed by atoms with Crippen molar-refractivity contribution in [2.45, 2.75) is 71.6 Å². The smallest absolute Gasteiger partial charge is 0.323 e. The zero-order valence-corrected chi connectivity index (χ0v) is 16.0. The molecular formula is C21H33NO3. The van der Waals surface area contributed by atoms with Crippen LogP contribution >= 0.6 is 0 Å². The molecule has 0 aliphatic carbocycles. The van der Waals surface area contributed by atoms with Crippen LogP contribution in [0.4, 0.5) is 0 Å². The largest absolute Gasteiger partial charge is 0.459 e. The highest BCUT2D eigenvalue weighted by molar-refractivity contribution is 5.75. The Labute approximate surface area is 152 Å². The number of cyclic esters (lactones) is 1. The molecule has 1 fully saturated rings. The number of rotatable bonds is 5. The third-order valence-corrected chi connectivity index (χ3v) is 4.86. The van der Waals surface area contributed by atoms with Gasteiger partial charge in [-0.05, 0) is 50.5 Å². The maximum atomic E-state index is 12.1. The summed E-state index contributed by atoms with van der Waals surface area (Å²) in [6, 6.07) is 8.14. The molecule has 0 radical (unpaired) electrons. The Morgan fingerprint density at radius 1 is 1.24 bits per heavy atom. The molecule has 1 aromatic carbocycles. The van der Waals surface area contributed by atoms with Gasteiger partial charge in [-0.15, -0.1) is 0 Å². The van der Waals surface area contributed by atoms with Gasteiger partial charge in [-0.1, -0.05) is 50.1 Å². The van der Waals surface area contributed by atoms with Gasteiger partial charge < -0.3 is 15.2 Å². The summed E-state index contributed by atoms with van der Waals surface area (Å²) in [5, 5.41) is 0. The molecule has 1 aliphatic heterocycles. The zero-order chi connectivity index (χ0) is 18.4. The first-order valence-electron chi connectivity index (χ1n) is 9.50. The van der Waals surface area contributed by atoms with Crippen molar-refractivity contribution in [3.8, 4) is 0 Å². The lowest BCUT2D eigenvalue weighted by Gasteiger charge is -2.32. The molecule has 0 saturated carbocycles. The Bertz CT molecular complexity index is 541. The minimum atomic E-state index is -0.522. The van der Waals surface area contributed by atoms with E-state index in [0.29, 0.717) is 24.9 Å². The van der Waals surface area contributed by atoms with Crippen LogP contribution < -0.4 is 5.73 Å². The van der Waals surface area contributed by atoms with Gasteiger partial charge >= 0.3 is 5.97 Å². The third kappa shape index (κ3) is 6.12. The minimum Gasteiger partial charge on any atom is -0.459 e. The number of carbonyl (C=O) groups is 1. The van der Waals surface area contributed by atoms with Gasteiger partial charge in [-0.25, -0.2) is 0 Å². The van der Waals surface area contributed by atoms with Crippen molar-refractivity contribution in [1.82, 2.24) is 0 Å². The normalized spacial score (nSPS) is 28.2. The molecule has 4 unspecified atom stereocenters. The lowest BCUT2D eigenvalue weighted by atomic mass is 9.86. The van der Waals surface area contributed by atoms with E-state index in [2.05, 4.69) is 45.0 Å². The molecule has 140 valence electrons. The summed E-state index contributed by atoms with van der Waals surface area (Å²) in [6.45, 7) is 8.97. The van der Waals surface area contributed by atoms with Crippen LogP contribution in [0.1, 0.15) is 51.2 Å². The summed E-state index contributed by atoms with van der Waals surface area (Å²) in [7, 11) is 0. The summed E-state index contributed by atoms with van der Waals surface area (Å²) in [5.74, 6) is 0.453. The van der Waals surface area contributed by atoms with Crippen LogP contribution in [0.5, 0.6) is 0 Å². The number of aryl methyl sites for hydroxylation is 1. The van der Waals surface area contributed by atoms with Crippen LogP contribution in [-0.2, 0) is 20.7 Å². The average Bonchev–Trinajstić information content (AvgIpc) is 2.59. The third-order valence-electron chi connectivity index (χ3n) is 4.86. The highest BCUT2D eigenvalue weighted by Gasteiger charge is 2.33. The second kappa shape index (κ2) is 9.35. The van der Waals surface area contributed by atoms with Crippen molar-refractivity contribution in [2.24, 2.45) is 17.6 Å². The summed E-state index contributed by atoms with van der Waals surface area (Å²) >= 11 is 0. The van der Waals surface area contributed by atoms with E-state index >= 15 is 0 Å². The van der Waals surface area contributed by atoms with Crippen LogP contribution in [-0.4, -0.2) is 30.8 Å². The maximum absolute atomic E-state index is 12.1. The van der Waals surface area contributed by atoms with Crippen LogP contribution in [0.25, 0.3) is 0 Å². The first-order valence-corrected chi connectivity index (χ1v) is 9.50. The fourth-order valence-electron chi connectivity index (χ4n) is 3.42. The summed E-state index contributed by atoms with van der Waals surface area (Å²) in [6.07, 6.45) is 3.13. The Morgan fingerprint density at radius 3 is 2.56 bits per heavy atom. The Balaban J connectivity index is 2.18. The maximum Gasteiger partial charge on any atom is 0.323 e. The van der Waals surface area contributed by atoms with E-state index in [1.54, 1.807) is 0 Å². The van der Waals surface area contributed by atoms with E-state index in [0.717, 1.165) is 19.3 Å². The molecule has 1 saturated heterocycles. The number of ether oxygens (including phenoxy) is 2. The lowest BCUT2D eigenvalue weighted by molar-refractivity contribution is -0.160. The zero-order valence-electron chi connectivity index (χ0n) is 16.0. The van der Waals surface area contributed by atoms with E-state index in [-0.39, 0.29) is 18.2 Å². The standard InChI is InChI=1S/C21H33NO3/c1-14(2)13-24-20-16(4)25-21(23)19(22)7-5-6-18(20)12-17-10-8-15(3)9-11-17/h8-11,14,16,18-20H,5-7,12-13,22H2,1-4H3. The van der Waals surface area contributed by atoms with Gasteiger partial charge in [0, 0.05) is 6.61 Å². The van der Waals surface area contributed by atoms with E-state index in [1.807, 2.05) is 6.92 Å². The number of hydrogen-bond acceptors (Lipinski definition) is 4. The molecule has 1 aromatic rings. The molecule has 4 nitrogen and oxygen atoms in total. The van der Waals surface area contributed by atoms with Crippen molar-refractivity contribution in [3.63, 3.8) is 0 Å². The Kier molecular flexibility index (Phi) is 7.45. The van der Waals surface area contributed by atoms with Gasteiger partial charge in [0.15, 0.2) is 0 Å². The first kappa shape index (κ1) is 19.9. The number of benzene rings is 1. The molecule has 1 aliphatic rings. The lowest BCUT2D eigenvalue weighted by Crippen LogP contribution is -2.41. The van der Waals surface area contributed by atoms with Crippen LogP contribution in [0, 0.1) is 18.8 Å². The molecule has 4 atom stereocenters. The molecule has 2 N–H and O–H groups in total. The predicted molar refractivity (Wildman–Crippen MR) is 100 cm³/mol. The topological polar surface area (TPSA) is 61.6 Å². The fourth-order valence-corrected chi connectivity index (χ4v) is 3.42. The van der Waals surface area contributed by atoms with E-state index in [4.69, 9.17) is 15.2 Å². The van der Waals surface area contributed by atoms with Gasteiger partial charge in [0.25, 0.3) is 0 Å². The van der Waals surface area contributed by atoms with Gasteiger partial charge in [-0.3, -0.25) is 4.79 Å². The second-order valence-electron chi connectivity index (χ2n) is 7.82. The van der Waals surface area contributed by atoms with Crippen LogP contribution in [0.15, 0.2) is 24.3 Å². The minimum absolute atomic E-state index is 0.0991. The van der Waals surface area contributed by atoms with Crippen molar-refractivity contribution < 1.29 is 14.3 Å². The SMILES string of the molecule is Cc1ccc(CC2CCCC(N)C(=O)OC(C)C2OCC(C)C)cc1. The first-order chi connectivity index (χ1) is 11.9. The summed E-state index contributed by atoms with van der Waals surface area (Å²) in [5.41, 5.74) is 8.51. The van der Waals surface area contributed by atoms with Crippen molar-refractivity contribution in [2.75, 3.05) is 6.61 Å². The number of nitrogens with two attached hydrogens (primary N) is 1. The van der Waals surface area contributed by atoms with Crippen LogP contribution in [0.2, 0.25) is 0 Å². The summed E-state index contributed by atoms with van der Waals surface area (Å²) in [4.78, 5) is 12.1. The molecule has 0 spiro atoms. The van der Waals surface area contributed by atoms with Gasteiger partial charge in [-0.2, -0.15) is 0 Å². The highest BCUT2D eigenvalue weighted by Crippen LogP contribution is 2.27. The monoisotopic (exact) mass is 347 g/mol. The van der Waals surface area contributed by atoms with Gasteiger partial charge in [0.2, 0.25) is 0 Å². The molecule has 0 aromatic heterocycles. The molecule has 4 heteroatoms. The van der Waals surface area contributed by atoms with E-state index in [1.165, 1.54) is 11.1 Å². The number of carbonyl (C=O) groups excluding carboxylic acids is 1. The van der Waals surface area contributed by atoms with Crippen LogP contribution in [0.3, 0.4) is 0 Å². The van der Waals surface area contributed by atoms with Crippen molar-refractivity contribution in [3.05, 3.63) is 35.4 Å². The quantitative estimate of drug-likeness (QED) is 0.826. The fraction of sp³-hybridized carbons (Fsp3) is 0.667. The van der Waals surface area contributed by atoms with E-state index in [9.17, 15) is 4.79 Å². The molecule has 0 amide bonds. The van der Waals surface area contributed by atoms with Gasteiger partial charge in [0.1, 0.15) is 12.1 Å². The van der Waals surface area contributed by atoms with Crippen molar-refractivity contribution in [1.29, 1.82) is 0 Å². The average molecular weight is 347 g/mol. The molecule has 1 heterocycles. The summed E-state index contributed by atoms with van der Waals surface area (Å²) < 4.78 is 11.8. The molecule has 2 rings (SSSR count). The second-order valence-corrected chi connectivity index (χ2v) is 7.82. The Morgan fingerprint density at radius 2 is 1.92 bits per heavy atom. The molecular weight excluding hydrogens is 314 g/mol. The highest BCUT2D eigenvalue weighted by atomic mass is 16.6. The molecule has 0 bridgehead atoms. The molecule has 25 heavy (non-hydrogen) atoms.